The lowest BCUT2D eigenvalue weighted by Gasteiger charge is -2.15. The number of nitrogens with one attached hydrogen (secondary N) is 1. The van der Waals surface area contributed by atoms with E-state index < -0.39 is 0 Å². The highest BCUT2D eigenvalue weighted by Gasteiger charge is 2.09. The first-order chi connectivity index (χ1) is 12.0. The molecule has 1 atom stereocenters. The molecule has 5 heteroatoms. The fourth-order valence-electron chi connectivity index (χ4n) is 2.20. The summed E-state index contributed by atoms with van der Waals surface area (Å²) >= 11 is 0. The van der Waals surface area contributed by atoms with E-state index in [1.165, 1.54) is 5.56 Å². The fourth-order valence-corrected chi connectivity index (χ4v) is 2.20. The molecular weight excluding hydrogens is 318 g/mol. The Labute approximate surface area is 148 Å². The Bertz CT molecular complexity index is 697. The molecule has 1 N–H and O–H groups in total. The number of rotatable bonds is 8. The highest BCUT2D eigenvalue weighted by molar-refractivity contribution is 5.77. The Kier molecular flexibility index (Phi) is 6.69. The first kappa shape index (κ1) is 18.6. The summed E-state index contributed by atoms with van der Waals surface area (Å²) in [4.78, 5) is 12.0. The Morgan fingerprint density at radius 1 is 0.960 bits per heavy atom. The van der Waals surface area contributed by atoms with E-state index in [0.29, 0.717) is 12.4 Å². The van der Waals surface area contributed by atoms with Gasteiger partial charge in [-0.2, -0.15) is 0 Å². The summed E-state index contributed by atoms with van der Waals surface area (Å²) in [6.45, 7) is 6.30. The molecule has 0 radical (unpaired) electrons. The number of methoxy groups -OCH3 is 1. The lowest BCUT2D eigenvalue weighted by atomic mass is 10.1. The van der Waals surface area contributed by atoms with Crippen molar-refractivity contribution in [3.8, 4) is 17.2 Å². The number of ether oxygens (including phenoxy) is 3. The summed E-state index contributed by atoms with van der Waals surface area (Å²) in [5, 5.41) is 2.86. The van der Waals surface area contributed by atoms with E-state index in [0.717, 1.165) is 17.1 Å². The van der Waals surface area contributed by atoms with Crippen molar-refractivity contribution >= 4 is 5.91 Å². The van der Waals surface area contributed by atoms with E-state index in [2.05, 4.69) is 5.32 Å². The van der Waals surface area contributed by atoms with Gasteiger partial charge in [0.1, 0.15) is 23.9 Å². The van der Waals surface area contributed by atoms with Gasteiger partial charge in [-0.1, -0.05) is 6.07 Å². The molecule has 0 spiro atoms. The largest absolute Gasteiger partial charge is 0.497 e. The minimum atomic E-state index is -0.177. The van der Waals surface area contributed by atoms with Crippen molar-refractivity contribution < 1.29 is 19.0 Å². The number of carbonyl (C=O) groups excluding carboxylic acids is 1. The summed E-state index contributed by atoms with van der Waals surface area (Å²) in [6, 6.07) is 13.0. The molecule has 0 bridgehead atoms. The first-order valence-corrected chi connectivity index (χ1v) is 8.24. The van der Waals surface area contributed by atoms with Crippen LogP contribution in [0.4, 0.5) is 0 Å². The molecule has 0 aliphatic heterocycles. The van der Waals surface area contributed by atoms with Gasteiger partial charge in [0.15, 0.2) is 6.61 Å². The third-order valence-electron chi connectivity index (χ3n) is 3.82. The summed E-state index contributed by atoms with van der Waals surface area (Å²) in [7, 11) is 1.62. The van der Waals surface area contributed by atoms with Crippen LogP contribution in [-0.4, -0.2) is 32.3 Å². The van der Waals surface area contributed by atoms with E-state index >= 15 is 0 Å². The second-order valence-electron chi connectivity index (χ2n) is 5.99. The molecule has 134 valence electrons. The molecule has 0 aromatic heterocycles. The van der Waals surface area contributed by atoms with Gasteiger partial charge in [-0.15, -0.1) is 0 Å². The maximum atomic E-state index is 12.0. The third kappa shape index (κ3) is 6.03. The van der Waals surface area contributed by atoms with Crippen LogP contribution in [0.3, 0.4) is 0 Å². The summed E-state index contributed by atoms with van der Waals surface area (Å²) in [6.07, 6.45) is 0. The monoisotopic (exact) mass is 343 g/mol. The molecule has 2 aromatic carbocycles. The Balaban J connectivity index is 1.72. The van der Waals surface area contributed by atoms with Crippen LogP contribution in [0.2, 0.25) is 0 Å². The van der Waals surface area contributed by atoms with Gasteiger partial charge >= 0.3 is 0 Å². The lowest BCUT2D eigenvalue weighted by molar-refractivity contribution is -0.123. The maximum absolute atomic E-state index is 12.0. The molecule has 2 aromatic rings. The molecular formula is C20H25NO4. The van der Waals surface area contributed by atoms with Crippen molar-refractivity contribution in [3.63, 3.8) is 0 Å². The second kappa shape index (κ2) is 8.97. The number of hydrogen-bond donors (Lipinski definition) is 1. The molecule has 0 saturated carbocycles. The fraction of sp³-hybridized carbons (Fsp3) is 0.350. The zero-order chi connectivity index (χ0) is 18.2. The predicted molar refractivity (Wildman–Crippen MR) is 97.5 cm³/mol. The van der Waals surface area contributed by atoms with E-state index in [1.807, 2.05) is 63.2 Å². The van der Waals surface area contributed by atoms with Crippen molar-refractivity contribution in [2.24, 2.45) is 0 Å². The van der Waals surface area contributed by atoms with Gasteiger partial charge in [-0.05, 0) is 68.3 Å². The average molecular weight is 343 g/mol. The highest BCUT2D eigenvalue weighted by Crippen LogP contribution is 2.17. The zero-order valence-electron chi connectivity index (χ0n) is 15.2. The summed E-state index contributed by atoms with van der Waals surface area (Å²) in [5.74, 6) is 2.02. The maximum Gasteiger partial charge on any atom is 0.258 e. The molecule has 0 heterocycles. The number of amides is 1. The highest BCUT2D eigenvalue weighted by atomic mass is 16.5. The first-order valence-electron chi connectivity index (χ1n) is 8.24. The Morgan fingerprint density at radius 2 is 1.60 bits per heavy atom. The molecule has 2 rings (SSSR count). The van der Waals surface area contributed by atoms with Crippen molar-refractivity contribution in [2.45, 2.75) is 26.8 Å². The van der Waals surface area contributed by atoms with Crippen molar-refractivity contribution in [2.75, 3.05) is 20.3 Å². The van der Waals surface area contributed by atoms with Crippen LogP contribution in [0.15, 0.2) is 42.5 Å². The van der Waals surface area contributed by atoms with Gasteiger partial charge in [-0.3, -0.25) is 4.79 Å². The molecule has 0 aliphatic carbocycles. The smallest absolute Gasteiger partial charge is 0.258 e. The number of benzene rings is 2. The molecule has 5 nitrogen and oxygen atoms in total. The Hall–Kier alpha value is -2.69. The molecule has 0 aliphatic rings. The number of carbonyl (C=O) groups is 1. The number of aryl methyl sites for hydroxylation is 2. The molecule has 1 amide bonds. The zero-order valence-corrected chi connectivity index (χ0v) is 15.2. The normalized spacial score (nSPS) is 11.5. The van der Waals surface area contributed by atoms with E-state index in [9.17, 15) is 4.79 Å². The van der Waals surface area contributed by atoms with Gasteiger partial charge in [0, 0.05) is 0 Å². The minimum absolute atomic E-state index is 0.0185. The lowest BCUT2D eigenvalue weighted by Crippen LogP contribution is -2.39. The minimum Gasteiger partial charge on any atom is -0.497 e. The topological polar surface area (TPSA) is 56.8 Å². The quantitative estimate of drug-likeness (QED) is 0.799. The van der Waals surface area contributed by atoms with Gasteiger partial charge < -0.3 is 19.5 Å². The van der Waals surface area contributed by atoms with Crippen LogP contribution in [0.25, 0.3) is 0 Å². The van der Waals surface area contributed by atoms with Crippen LogP contribution < -0.4 is 19.5 Å². The SMILES string of the molecule is COc1ccc(OC[C@H](C)NC(=O)COc2ccc(C)c(C)c2)cc1. The van der Waals surface area contributed by atoms with Crippen LogP contribution in [-0.2, 0) is 4.79 Å². The molecule has 0 fully saturated rings. The standard InChI is InChI=1S/C20H25NO4/c1-14-5-6-19(11-15(14)2)25-13-20(22)21-16(3)12-24-18-9-7-17(23-4)8-10-18/h5-11,16H,12-13H2,1-4H3,(H,21,22)/t16-/m0/s1. The summed E-state index contributed by atoms with van der Waals surface area (Å²) in [5.41, 5.74) is 2.33. The van der Waals surface area contributed by atoms with Gasteiger partial charge in [0.25, 0.3) is 5.91 Å². The predicted octanol–water partition coefficient (Wildman–Crippen LogP) is 3.27. The van der Waals surface area contributed by atoms with E-state index in [1.54, 1.807) is 7.11 Å². The molecule has 0 saturated heterocycles. The van der Waals surface area contributed by atoms with Crippen molar-refractivity contribution in [1.29, 1.82) is 0 Å². The van der Waals surface area contributed by atoms with Crippen LogP contribution in [0.5, 0.6) is 17.2 Å². The van der Waals surface area contributed by atoms with Crippen molar-refractivity contribution in [3.05, 3.63) is 53.6 Å². The van der Waals surface area contributed by atoms with Gasteiger partial charge in [-0.25, -0.2) is 0 Å². The number of hydrogen-bond acceptors (Lipinski definition) is 4. The average Bonchev–Trinajstić information content (AvgIpc) is 2.61. The van der Waals surface area contributed by atoms with Crippen LogP contribution in [0, 0.1) is 13.8 Å². The summed E-state index contributed by atoms with van der Waals surface area (Å²) < 4.78 is 16.3. The third-order valence-corrected chi connectivity index (χ3v) is 3.82. The van der Waals surface area contributed by atoms with Gasteiger partial charge in [0.2, 0.25) is 0 Å². The Morgan fingerprint density at radius 3 is 2.24 bits per heavy atom. The van der Waals surface area contributed by atoms with Gasteiger partial charge in [0.05, 0.1) is 13.2 Å². The second-order valence-corrected chi connectivity index (χ2v) is 5.99. The van der Waals surface area contributed by atoms with Crippen LogP contribution >= 0.6 is 0 Å². The molecule has 0 unspecified atom stereocenters. The van der Waals surface area contributed by atoms with Crippen molar-refractivity contribution in [1.82, 2.24) is 5.32 Å². The van der Waals surface area contributed by atoms with E-state index in [-0.39, 0.29) is 18.6 Å². The molecule has 25 heavy (non-hydrogen) atoms. The van der Waals surface area contributed by atoms with Crippen LogP contribution in [0.1, 0.15) is 18.1 Å². The van der Waals surface area contributed by atoms with E-state index in [4.69, 9.17) is 14.2 Å².